The average Bonchev–Trinajstić information content (AvgIpc) is 3.23. The van der Waals surface area contributed by atoms with Gasteiger partial charge in [0.15, 0.2) is 0 Å². The molecule has 2 fully saturated rings. The van der Waals surface area contributed by atoms with Crippen LogP contribution in [0.25, 0.3) is 0 Å². The van der Waals surface area contributed by atoms with Crippen LogP contribution in [0.2, 0.25) is 0 Å². The first-order valence-electron chi connectivity index (χ1n) is 9.77. The van der Waals surface area contributed by atoms with Crippen molar-refractivity contribution in [3.63, 3.8) is 0 Å². The molecular weight excluding hydrogens is 470 g/mol. The number of carbonyl (C=O) groups excluding carboxylic acids is 3. The Kier molecular flexibility index (Phi) is 6.21. The van der Waals surface area contributed by atoms with E-state index in [4.69, 9.17) is 4.74 Å². The summed E-state index contributed by atoms with van der Waals surface area (Å²) in [6.45, 7) is 3.84. The molecule has 2 aliphatic heterocycles. The summed E-state index contributed by atoms with van der Waals surface area (Å²) in [5, 5.41) is 2.95. The van der Waals surface area contributed by atoms with E-state index in [0.717, 1.165) is 20.7 Å². The average molecular weight is 492 g/mol. The number of hydrogen-bond donors (Lipinski definition) is 1. The number of amides is 3. The molecule has 2 aromatic rings. The highest BCUT2D eigenvalue weighted by Crippen LogP contribution is 2.29. The molecule has 0 radical (unpaired) electrons. The van der Waals surface area contributed by atoms with Crippen molar-refractivity contribution >= 4 is 56.4 Å². The predicted molar refractivity (Wildman–Crippen MR) is 119 cm³/mol. The Hall–Kier alpha value is -2.23. The van der Waals surface area contributed by atoms with Crippen molar-refractivity contribution in [2.45, 2.75) is 25.8 Å². The Labute approximate surface area is 187 Å². The number of aryl methyl sites for hydroxylation is 1. The molecule has 1 N–H and O–H groups in total. The fourth-order valence-corrected chi connectivity index (χ4v) is 5.08. The summed E-state index contributed by atoms with van der Waals surface area (Å²) in [6.07, 6.45) is 0.634. The van der Waals surface area contributed by atoms with E-state index in [9.17, 15) is 14.4 Å². The summed E-state index contributed by atoms with van der Waals surface area (Å²) in [6, 6.07) is 9.02. The zero-order valence-corrected chi connectivity index (χ0v) is 18.9. The molecule has 1 aromatic heterocycles. The number of carbonyl (C=O) groups is 3. The van der Waals surface area contributed by atoms with E-state index in [1.54, 1.807) is 15.9 Å². The van der Waals surface area contributed by atoms with E-state index >= 15 is 0 Å². The summed E-state index contributed by atoms with van der Waals surface area (Å²) >= 11 is 4.72. The number of ether oxygens (including phenoxy) is 1. The first-order chi connectivity index (χ1) is 14.4. The molecule has 0 aliphatic carbocycles. The van der Waals surface area contributed by atoms with Crippen LogP contribution < -0.4 is 15.1 Å². The van der Waals surface area contributed by atoms with Crippen molar-refractivity contribution in [2.24, 2.45) is 0 Å². The Morgan fingerprint density at radius 3 is 2.73 bits per heavy atom. The fraction of sp³-hybridized carbons (Fsp3) is 0.381. The molecule has 7 nitrogen and oxygen atoms in total. The van der Waals surface area contributed by atoms with Gasteiger partial charge in [-0.2, -0.15) is 0 Å². The lowest BCUT2D eigenvalue weighted by atomic mass is 10.1. The van der Waals surface area contributed by atoms with E-state index in [1.165, 1.54) is 11.3 Å². The minimum atomic E-state index is -0.241. The van der Waals surface area contributed by atoms with Gasteiger partial charge in [0.25, 0.3) is 5.91 Å². The summed E-state index contributed by atoms with van der Waals surface area (Å²) < 4.78 is 6.29. The fourth-order valence-electron chi connectivity index (χ4n) is 3.79. The molecule has 2 saturated heterocycles. The molecule has 2 aliphatic rings. The third-order valence-corrected chi connectivity index (χ3v) is 6.88. The van der Waals surface area contributed by atoms with Crippen LogP contribution in [0.1, 0.15) is 28.1 Å². The van der Waals surface area contributed by atoms with Crippen molar-refractivity contribution < 1.29 is 19.1 Å². The molecule has 9 heteroatoms. The predicted octanol–water partition coefficient (Wildman–Crippen LogP) is 3.11. The first-order valence-corrected chi connectivity index (χ1v) is 11.4. The Bertz CT molecular complexity index is 992. The number of rotatable bonds is 4. The second-order valence-corrected chi connectivity index (χ2v) is 9.82. The largest absolute Gasteiger partial charge is 0.379 e. The van der Waals surface area contributed by atoms with Crippen LogP contribution >= 0.6 is 27.3 Å². The van der Waals surface area contributed by atoms with Crippen LogP contribution in [0.5, 0.6) is 0 Å². The molecule has 158 valence electrons. The van der Waals surface area contributed by atoms with Crippen molar-refractivity contribution in [2.75, 3.05) is 36.1 Å². The molecule has 0 saturated carbocycles. The van der Waals surface area contributed by atoms with Crippen LogP contribution in [-0.2, 0) is 14.3 Å². The zero-order valence-electron chi connectivity index (χ0n) is 16.5. The molecule has 0 spiro atoms. The van der Waals surface area contributed by atoms with Gasteiger partial charge in [-0.25, -0.2) is 0 Å². The number of anilines is 2. The summed E-state index contributed by atoms with van der Waals surface area (Å²) in [7, 11) is 0. The van der Waals surface area contributed by atoms with Crippen LogP contribution in [0, 0.1) is 6.92 Å². The van der Waals surface area contributed by atoms with E-state index in [0.29, 0.717) is 37.6 Å². The lowest BCUT2D eigenvalue weighted by Gasteiger charge is -2.24. The molecule has 3 heterocycles. The summed E-state index contributed by atoms with van der Waals surface area (Å²) in [5.41, 5.74) is 2.54. The van der Waals surface area contributed by atoms with Gasteiger partial charge in [0, 0.05) is 30.9 Å². The highest BCUT2D eigenvalue weighted by atomic mass is 79.9. The maximum absolute atomic E-state index is 12.6. The lowest BCUT2D eigenvalue weighted by Crippen LogP contribution is -2.36. The zero-order chi connectivity index (χ0) is 21.3. The third-order valence-electron chi connectivity index (χ3n) is 5.26. The maximum Gasteiger partial charge on any atom is 0.261 e. The molecule has 30 heavy (non-hydrogen) atoms. The van der Waals surface area contributed by atoms with E-state index in [1.807, 2.05) is 31.2 Å². The number of halogens is 1. The Balaban J connectivity index is 1.46. The van der Waals surface area contributed by atoms with Crippen LogP contribution in [0.3, 0.4) is 0 Å². The van der Waals surface area contributed by atoms with Gasteiger partial charge >= 0.3 is 0 Å². The maximum atomic E-state index is 12.6. The normalized spacial score (nSPS) is 19.9. The van der Waals surface area contributed by atoms with Gasteiger partial charge in [0.2, 0.25) is 11.8 Å². The standard InChI is InChI=1S/C21H22BrN3O4S/c1-13-10-15(2-3-16(13)24-7-9-29-8-6-19(24)26)25-12-14(11-20(25)27)23-21(28)17-4-5-18(22)30-17/h2-5,10,14H,6-9,11-12H2,1H3,(H,23,28). The van der Waals surface area contributed by atoms with Gasteiger partial charge in [-0.05, 0) is 58.7 Å². The highest BCUT2D eigenvalue weighted by Gasteiger charge is 2.32. The smallest absolute Gasteiger partial charge is 0.261 e. The van der Waals surface area contributed by atoms with Crippen LogP contribution in [-0.4, -0.2) is 50.1 Å². The van der Waals surface area contributed by atoms with Gasteiger partial charge in [-0.3, -0.25) is 14.4 Å². The van der Waals surface area contributed by atoms with Gasteiger partial charge in [-0.15, -0.1) is 11.3 Å². The van der Waals surface area contributed by atoms with Crippen molar-refractivity contribution in [3.8, 4) is 0 Å². The number of thiophene rings is 1. The molecule has 4 rings (SSSR count). The molecule has 3 amide bonds. The molecule has 1 unspecified atom stereocenters. The quantitative estimate of drug-likeness (QED) is 0.712. The Morgan fingerprint density at radius 2 is 2.00 bits per heavy atom. The minimum absolute atomic E-state index is 0.0286. The molecule has 1 aromatic carbocycles. The van der Waals surface area contributed by atoms with E-state index in [2.05, 4.69) is 21.2 Å². The number of benzene rings is 1. The second kappa shape index (κ2) is 8.87. The molecular formula is C21H22BrN3O4S. The molecule has 1 atom stereocenters. The SMILES string of the molecule is Cc1cc(N2CC(NC(=O)c3ccc(Br)s3)CC2=O)ccc1N1CCOCCC1=O. The van der Waals surface area contributed by atoms with Gasteiger partial charge in [0.05, 0.1) is 34.3 Å². The van der Waals surface area contributed by atoms with Gasteiger partial charge in [-0.1, -0.05) is 0 Å². The number of hydrogen-bond acceptors (Lipinski definition) is 5. The monoisotopic (exact) mass is 491 g/mol. The topological polar surface area (TPSA) is 79.0 Å². The molecule has 0 bridgehead atoms. The number of nitrogens with zero attached hydrogens (tertiary/aromatic N) is 2. The van der Waals surface area contributed by atoms with Crippen molar-refractivity contribution in [1.82, 2.24) is 5.32 Å². The number of nitrogens with one attached hydrogen (secondary N) is 1. The van der Waals surface area contributed by atoms with Gasteiger partial charge < -0.3 is 19.9 Å². The van der Waals surface area contributed by atoms with Crippen molar-refractivity contribution in [1.29, 1.82) is 0 Å². The first kappa shape index (κ1) is 21.0. The minimum Gasteiger partial charge on any atom is -0.379 e. The summed E-state index contributed by atoms with van der Waals surface area (Å²) in [4.78, 5) is 41.4. The second-order valence-electron chi connectivity index (χ2n) is 7.36. The van der Waals surface area contributed by atoms with Crippen molar-refractivity contribution in [3.05, 3.63) is 44.6 Å². The summed E-state index contributed by atoms with van der Waals surface area (Å²) in [5.74, 6) is -0.151. The third kappa shape index (κ3) is 4.43. The van der Waals surface area contributed by atoms with Crippen LogP contribution in [0.15, 0.2) is 34.1 Å². The van der Waals surface area contributed by atoms with Crippen LogP contribution in [0.4, 0.5) is 11.4 Å². The van der Waals surface area contributed by atoms with Gasteiger partial charge in [0.1, 0.15) is 0 Å². The lowest BCUT2D eigenvalue weighted by molar-refractivity contribution is -0.119. The van der Waals surface area contributed by atoms with E-state index < -0.39 is 0 Å². The highest BCUT2D eigenvalue weighted by molar-refractivity contribution is 9.11. The Morgan fingerprint density at radius 1 is 1.17 bits per heavy atom. The van der Waals surface area contributed by atoms with E-state index in [-0.39, 0.29) is 30.2 Å².